The number of halogens is 1. The molecular formula is C18H23ClN2O2. The van der Waals surface area contributed by atoms with Gasteiger partial charge in [-0.05, 0) is 43.4 Å². The monoisotopic (exact) mass is 334 g/mol. The second kappa shape index (κ2) is 6.91. The van der Waals surface area contributed by atoms with Crippen LogP contribution in [-0.4, -0.2) is 24.4 Å². The van der Waals surface area contributed by atoms with Crippen molar-refractivity contribution >= 4 is 29.1 Å². The summed E-state index contributed by atoms with van der Waals surface area (Å²) >= 11 is 6.24. The minimum absolute atomic E-state index is 0.0744. The largest absolute Gasteiger partial charge is 0.349 e. The molecule has 1 N–H and O–H groups in total. The number of hydrogen-bond donors (Lipinski definition) is 1. The second-order valence-electron chi connectivity index (χ2n) is 6.66. The molecule has 2 fully saturated rings. The van der Waals surface area contributed by atoms with Gasteiger partial charge in [0.25, 0.3) is 5.91 Å². The van der Waals surface area contributed by atoms with Crippen molar-refractivity contribution in [2.75, 3.05) is 11.4 Å². The lowest BCUT2D eigenvalue weighted by molar-refractivity contribution is -0.117. The molecule has 5 heteroatoms. The Hall–Kier alpha value is -1.55. The molecule has 2 amide bonds. The van der Waals surface area contributed by atoms with E-state index < -0.39 is 0 Å². The molecule has 1 saturated carbocycles. The highest BCUT2D eigenvalue weighted by molar-refractivity contribution is 6.34. The van der Waals surface area contributed by atoms with Gasteiger partial charge in [-0.25, -0.2) is 0 Å². The van der Waals surface area contributed by atoms with Crippen molar-refractivity contribution in [3.63, 3.8) is 0 Å². The second-order valence-corrected chi connectivity index (χ2v) is 7.06. The van der Waals surface area contributed by atoms with Gasteiger partial charge < -0.3 is 10.2 Å². The maximum Gasteiger partial charge on any atom is 0.251 e. The summed E-state index contributed by atoms with van der Waals surface area (Å²) in [5.74, 6) is 0.512. The fourth-order valence-electron chi connectivity index (χ4n) is 3.55. The molecule has 1 aliphatic heterocycles. The number of hydrogen-bond acceptors (Lipinski definition) is 2. The summed E-state index contributed by atoms with van der Waals surface area (Å²) < 4.78 is 0. The topological polar surface area (TPSA) is 49.4 Å². The molecule has 1 heterocycles. The van der Waals surface area contributed by atoms with E-state index in [2.05, 4.69) is 12.2 Å². The molecule has 124 valence electrons. The molecule has 1 aromatic rings. The lowest BCUT2D eigenvalue weighted by Crippen LogP contribution is -2.41. The third kappa shape index (κ3) is 3.52. The van der Waals surface area contributed by atoms with Crippen LogP contribution in [0.4, 0.5) is 5.69 Å². The van der Waals surface area contributed by atoms with Crippen molar-refractivity contribution in [3.8, 4) is 0 Å². The van der Waals surface area contributed by atoms with E-state index in [1.807, 2.05) is 0 Å². The molecule has 23 heavy (non-hydrogen) atoms. The van der Waals surface area contributed by atoms with E-state index in [-0.39, 0.29) is 17.9 Å². The summed E-state index contributed by atoms with van der Waals surface area (Å²) in [5.41, 5.74) is 1.22. The molecule has 0 unspecified atom stereocenters. The molecule has 0 radical (unpaired) electrons. The van der Waals surface area contributed by atoms with Crippen molar-refractivity contribution in [1.82, 2.24) is 5.32 Å². The maximum atomic E-state index is 12.6. The third-order valence-electron chi connectivity index (χ3n) is 5.00. The molecular weight excluding hydrogens is 312 g/mol. The van der Waals surface area contributed by atoms with Gasteiger partial charge in [0.05, 0.1) is 10.7 Å². The molecule has 2 aliphatic rings. The van der Waals surface area contributed by atoms with Crippen LogP contribution in [0.3, 0.4) is 0 Å². The maximum absolute atomic E-state index is 12.6. The number of anilines is 1. The lowest BCUT2D eigenvalue weighted by Gasteiger charge is -2.29. The number of nitrogens with one attached hydrogen (secondary N) is 1. The SMILES string of the molecule is C[C@H]1CCCC[C@@H]1NC(=O)c1ccc(Cl)c(N2CCCC2=O)c1. The summed E-state index contributed by atoms with van der Waals surface area (Å²) in [7, 11) is 0. The molecule has 0 bridgehead atoms. The molecule has 0 aromatic heterocycles. The average Bonchev–Trinajstić information content (AvgIpc) is 2.96. The number of rotatable bonds is 3. The van der Waals surface area contributed by atoms with Gasteiger partial charge in [-0.1, -0.05) is 31.4 Å². The zero-order valence-corrected chi connectivity index (χ0v) is 14.2. The van der Waals surface area contributed by atoms with Crippen LogP contribution in [0.1, 0.15) is 55.8 Å². The highest BCUT2D eigenvalue weighted by Gasteiger charge is 2.26. The summed E-state index contributed by atoms with van der Waals surface area (Å²) in [6.07, 6.45) is 6.01. The Morgan fingerprint density at radius 1 is 1.26 bits per heavy atom. The van der Waals surface area contributed by atoms with Gasteiger partial charge >= 0.3 is 0 Å². The highest BCUT2D eigenvalue weighted by atomic mass is 35.5. The van der Waals surface area contributed by atoms with Gasteiger partial charge in [-0.15, -0.1) is 0 Å². The average molecular weight is 335 g/mol. The number of carbonyl (C=O) groups is 2. The summed E-state index contributed by atoms with van der Waals surface area (Å²) in [5, 5.41) is 3.66. The van der Waals surface area contributed by atoms with Crippen LogP contribution in [0.5, 0.6) is 0 Å². The van der Waals surface area contributed by atoms with Crippen LogP contribution in [0.2, 0.25) is 5.02 Å². The summed E-state index contributed by atoms with van der Waals surface area (Å²) in [4.78, 5) is 26.2. The van der Waals surface area contributed by atoms with Crippen LogP contribution >= 0.6 is 11.6 Å². The van der Waals surface area contributed by atoms with Crippen molar-refractivity contribution in [3.05, 3.63) is 28.8 Å². The van der Waals surface area contributed by atoms with Gasteiger partial charge in [0, 0.05) is 24.6 Å². The number of amides is 2. The number of benzene rings is 1. The first-order chi connectivity index (χ1) is 11.1. The normalized spacial score (nSPS) is 24.8. The first kappa shape index (κ1) is 16.3. The van der Waals surface area contributed by atoms with Gasteiger partial charge in [-0.2, -0.15) is 0 Å². The Bertz CT molecular complexity index is 617. The van der Waals surface area contributed by atoms with Crippen LogP contribution < -0.4 is 10.2 Å². The number of carbonyl (C=O) groups excluding carboxylic acids is 2. The van der Waals surface area contributed by atoms with Crippen molar-refractivity contribution in [2.24, 2.45) is 5.92 Å². The first-order valence-corrected chi connectivity index (χ1v) is 8.85. The smallest absolute Gasteiger partial charge is 0.251 e. The van der Waals surface area contributed by atoms with E-state index in [0.29, 0.717) is 35.2 Å². The van der Waals surface area contributed by atoms with Gasteiger partial charge in [-0.3, -0.25) is 9.59 Å². The first-order valence-electron chi connectivity index (χ1n) is 8.47. The van der Waals surface area contributed by atoms with Crippen molar-refractivity contribution < 1.29 is 9.59 Å². The van der Waals surface area contributed by atoms with E-state index in [1.54, 1.807) is 23.1 Å². The van der Waals surface area contributed by atoms with E-state index in [1.165, 1.54) is 19.3 Å². The van der Waals surface area contributed by atoms with Gasteiger partial charge in [0.1, 0.15) is 0 Å². The fourth-order valence-corrected chi connectivity index (χ4v) is 3.77. The Morgan fingerprint density at radius 2 is 2.04 bits per heavy atom. The Balaban J connectivity index is 1.77. The van der Waals surface area contributed by atoms with E-state index in [9.17, 15) is 9.59 Å². The van der Waals surface area contributed by atoms with E-state index in [0.717, 1.165) is 12.8 Å². The van der Waals surface area contributed by atoms with Gasteiger partial charge in [0.15, 0.2) is 0 Å². The van der Waals surface area contributed by atoms with Crippen molar-refractivity contribution in [1.29, 1.82) is 0 Å². The minimum Gasteiger partial charge on any atom is -0.349 e. The Morgan fingerprint density at radius 3 is 2.74 bits per heavy atom. The van der Waals surface area contributed by atoms with Crippen molar-refractivity contribution in [2.45, 2.75) is 51.5 Å². The third-order valence-corrected chi connectivity index (χ3v) is 5.32. The van der Waals surface area contributed by atoms with E-state index >= 15 is 0 Å². The minimum atomic E-state index is -0.0756. The lowest BCUT2D eigenvalue weighted by atomic mass is 9.86. The molecule has 3 rings (SSSR count). The molecule has 1 saturated heterocycles. The molecule has 2 atom stereocenters. The van der Waals surface area contributed by atoms with E-state index in [4.69, 9.17) is 11.6 Å². The summed E-state index contributed by atoms with van der Waals surface area (Å²) in [6.45, 7) is 2.86. The zero-order valence-electron chi connectivity index (χ0n) is 13.5. The molecule has 1 aromatic carbocycles. The predicted octanol–water partition coefficient (Wildman–Crippen LogP) is 3.78. The predicted molar refractivity (Wildman–Crippen MR) is 91.9 cm³/mol. The molecule has 0 spiro atoms. The van der Waals surface area contributed by atoms with Gasteiger partial charge in [0.2, 0.25) is 5.91 Å². The Labute approximate surface area is 142 Å². The molecule has 1 aliphatic carbocycles. The van der Waals surface area contributed by atoms with Crippen LogP contribution in [0.25, 0.3) is 0 Å². The number of nitrogens with zero attached hydrogens (tertiary/aromatic N) is 1. The molecule has 4 nitrogen and oxygen atoms in total. The fraction of sp³-hybridized carbons (Fsp3) is 0.556. The quantitative estimate of drug-likeness (QED) is 0.914. The highest BCUT2D eigenvalue weighted by Crippen LogP contribution is 2.31. The zero-order chi connectivity index (χ0) is 16.4. The standard InChI is InChI=1S/C18H23ClN2O2/c1-12-5-2-3-6-15(12)20-18(23)13-8-9-14(19)16(11-13)21-10-4-7-17(21)22/h8-9,11-12,15H,2-7,10H2,1H3,(H,20,23)/t12-,15-/m0/s1. The Kier molecular flexibility index (Phi) is 4.90. The van der Waals surface area contributed by atoms with Crippen LogP contribution in [-0.2, 0) is 4.79 Å². The van der Waals surface area contributed by atoms with Crippen LogP contribution in [0, 0.1) is 5.92 Å². The van der Waals surface area contributed by atoms with Crippen LogP contribution in [0.15, 0.2) is 18.2 Å². The summed E-state index contributed by atoms with van der Waals surface area (Å²) in [6, 6.07) is 5.43.